The molecule has 2 heterocycles. The van der Waals surface area contributed by atoms with Gasteiger partial charge in [-0.1, -0.05) is 35.9 Å². The van der Waals surface area contributed by atoms with Crippen LogP contribution in [0.1, 0.15) is 22.1 Å². The number of pyridine rings is 1. The van der Waals surface area contributed by atoms with Crippen LogP contribution in [-0.2, 0) is 0 Å². The Morgan fingerprint density at radius 2 is 1.96 bits per heavy atom. The highest BCUT2D eigenvalue weighted by atomic mass is 35.5. The SMILES string of the molecule is CSc1cccc(NC2c3ccccc3C(=O)N2c2ccc(Cl)cn2)c1. The van der Waals surface area contributed by atoms with Gasteiger partial charge in [-0.15, -0.1) is 11.8 Å². The summed E-state index contributed by atoms with van der Waals surface area (Å²) < 4.78 is 0. The first-order valence-corrected chi connectivity index (χ1v) is 9.72. The molecule has 1 amide bonds. The highest BCUT2D eigenvalue weighted by Crippen LogP contribution is 2.37. The number of hydrogen-bond donors (Lipinski definition) is 1. The van der Waals surface area contributed by atoms with Crippen LogP contribution in [0.25, 0.3) is 0 Å². The fourth-order valence-electron chi connectivity index (χ4n) is 3.08. The molecule has 0 fully saturated rings. The normalized spacial score (nSPS) is 15.8. The van der Waals surface area contributed by atoms with Gasteiger partial charge in [-0.2, -0.15) is 0 Å². The lowest BCUT2D eigenvalue weighted by Gasteiger charge is -2.26. The van der Waals surface area contributed by atoms with Crippen molar-refractivity contribution in [2.75, 3.05) is 16.5 Å². The summed E-state index contributed by atoms with van der Waals surface area (Å²) >= 11 is 7.64. The van der Waals surface area contributed by atoms with Crippen LogP contribution in [0.5, 0.6) is 0 Å². The van der Waals surface area contributed by atoms with Crippen LogP contribution in [0.4, 0.5) is 11.5 Å². The number of fused-ring (bicyclic) bond motifs is 1. The first-order chi connectivity index (χ1) is 12.7. The second-order valence-corrected chi connectivity index (χ2v) is 7.19. The smallest absolute Gasteiger partial charge is 0.261 e. The van der Waals surface area contributed by atoms with Crippen molar-refractivity contribution in [1.82, 2.24) is 4.98 Å². The first-order valence-electron chi connectivity index (χ1n) is 8.12. The van der Waals surface area contributed by atoms with Crippen molar-refractivity contribution < 1.29 is 4.79 Å². The van der Waals surface area contributed by atoms with Crippen LogP contribution in [0.2, 0.25) is 5.02 Å². The first kappa shape index (κ1) is 16.9. The number of carbonyl (C=O) groups excluding carboxylic acids is 1. The molecular weight excluding hydrogens is 366 g/mol. The number of carbonyl (C=O) groups is 1. The van der Waals surface area contributed by atoms with E-state index in [9.17, 15) is 4.79 Å². The monoisotopic (exact) mass is 381 g/mol. The molecule has 0 bridgehead atoms. The van der Waals surface area contributed by atoms with E-state index in [1.165, 1.54) is 0 Å². The van der Waals surface area contributed by atoms with Crippen molar-refractivity contribution in [3.63, 3.8) is 0 Å². The molecule has 1 N–H and O–H groups in total. The summed E-state index contributed by atoms with van der Waals surface area (Å²) in [6.07, 6.45) is 3.26. The average Bonchev–Trinajstić information content (AvgIpc) is 2.95. The summed E-state index contributed by atoms with van der Waals surface area (Å²) in [6.45, 7) is 0. The molecule has 4 nitrogen and oxygen atoms in total. The Bertz CT molecular complexity index is 961. The second-order valence-electron chi connectivity index (χ2n) is 5.88. The molecule has 26 heavy (non-hydrogen) atoms. The van der Waals surface area contributed by atoms with E-state index in [4.69, 9.17) is 11.6 Å². The molecule has 0 spiro atoms. The van der Waals surface area contributed by atoms with Gasteiger partial charge in [0.2, 0.25) is 0 Å². The number of rotatable bonds is 4. The fourth-order valence-corrected chi connectivity index (χ4v) is 3.65. The van der Waals surface area contributed by atoms with E-state index in [0.717, 1.165) is 16.1 Å². The van der Waals surface area contributed by atoms with Gasteiger partial charge in [-0.25, -0.2) is 4.98 Å². The third kappa shape index (κ3) is 3.04. The lowest BCUT2D eigenvalue weighted by Crippen LogP contribution is -2.32. The number of aromatic nitrogens is 1. The van der Waals surface area contributed by atoms with Gasteiger partial charge < -0.3 is 5.32 Å². The predicted octanol–water partition coefficient (Wildman–Crippen LogP) is 5.23. The molecule has 4 rings (SSSR count). The number of benzene rings is 2. The van der Waals surface area contributed by atoms with Crippen LogP contribution < -0.4 is 10.2 Å². The van der Waals surface area contributed by atoms with E-state index >= 15 is 0 Å². The van der Waals surface area contributed by atoms with Crippen molar-refractivity contribution in [3.8, 4) is 0 Å². The van der Waals surface area contributed by atoms with Crippen LogP contribution in [0.3, 0.4) is 0 Å². The molecule has 1 aromatic heterocycles. The largest absolute Gasteiger partial charge is 0.361 e. The van der Waals surface area contributed by atoms with E-state index in [1.807, 2.05) is 42.7 Å². The summed E-state index contributed by atoms with van der Waals surface area (Å²) in [4.78, 5) is 20.2. The lowest BCUT2D eigenvalue weighted by atomic mass is 10.1. The summed E-state index contributed by atoms with van der Waals surface area (Å²) in [5.74, 6) is 0.489. The minimum atomic E-state index is -0.329. The van der Waals surface area contributed by atoms with E-state index in [1.54, 1.807) is 35.0 Å². The Hall–Kier alpha value is -2.50. The van der Waals surface area contributed by atoms with Gasteiger partial charge in [0.1, 0.15) is 12.0 Å². The van der Waals surface area contributed by atoms with Gasteiger partial charge in [0, 0.05) is 27.9 Å². The zero-order chi connectivity index (χ0) is 18.1. The van der Waals surface area contributed by atoms with Crippen LogP contribution in [-0.4, -0.2) is 17.1 Å². The molecule has 0 saturated heterocycles. The minimum Gasteiger partial charge on any atom is -0.361 e. The molecule has 3 aromatic rings. The molecule has 130 valence electrons. The van der Waals surface area contributed by atoms with Gasteiger partial charge >= 0.3 is 0 Å². The second kappa shape index (κ2) is 7.02. The van der Waals surface area contributed by atoms with Crippen LogP contribution >= 0.6 is 23.4 Å². The third-order valence-electron chi connectivity index (χ3n) is 4.29. The van der Waals surface area contributed by atoms with Gasteiger partial charge in [0.15, 0.2) is 0 Å². The van der Waals surface area contributed by atoms with Crippen molar-refractivity contribution in [2.45, 2.75) is 11.1 Å². The Morgan fingerprint density at radius 1 is 1.12 bits per heavy atom. The minimum absolute atomic E-state index is 0.0751. The molecule has 0 radical (unpaired) electrons. The topological polar surface area (TPSA) is 45.2 Å². The maximum Gasteiger partial charge on any atom is 0.261 e. The van der Waals surface area contributed by atoms with Crippen LogP contribution in [0, 0.1) is 0 Å². The third-order valence-corrected chi connectivity index (χ3v) is 5.24. The van der Waals surface area contributed by atoms with E-state index in [2.05, 4.69) is 22.4 Å². The number of nitrogens with one attached hydrogen (secondary N) is 1. The van der Waals surface area contributed by atoms with Gasteiger partial charge in [0.25, 0.3) is 5.91 Å². The Balaban J connectivity index is 1.76. The predicted molar refractivity (Wildman–Crippen MR) is 107 cm³/mol. The Morgan fingerprint density at radius 3 is 2.73 bits per heavy atom. The van der Waals surface area contributed by atoms with Crippen LogP contribution in [0.15, 0.2) is 71.8 Å². The summed E-state index contributed by atoms with van der Waals surface area (Å²) in [7, 11) is 0. The quantitative estimate of drug-likeness (QED) is 0.628. The van der Waals surface area contributed by atoms with Gasteiger partial charge in [-0.3, -0.25) is 9.69 Å². The number of hydrogen-bond acceptors (Lipinski definition) is 4. The number of nitrogens with zero attached hydrogens (tertiary/aromatic N) is 2. The Kier molecular flexibility index (Phi) is 4.57. The molecule has 0 saturated carbocycles. The van der Waals surface area contributed by atoms with Crippen molar-refractivity contribution in [2.24, 2.45) is 0 Å². The van der Waals surface area contributed by atoms with Crippen molar-refractivity contribution >= 4 is 40.8 Å². The highest BCUT2D eigenvalue weighted by molar-refractivity contribution is 7.98. The molecule has 1 unspecified atom stereocenters. The fraction of sp³-hybridized carbons (Fsp3) is 0.100. The molecular formula is C20H16ClN3OS. The van der Waals surface area contributed by atoms with E-state index in [0.29, 0.717) is 16.4 Å². The average molecular weight is 382 g/mol. The zero-order valence-electron chi connectivity index (χ0n) is 14.0. The summed E-state index contributed by atoms with van der Waals surface area (Å²) in [6, 6.07) is 19.3. The summed E-state index contributed by atoms with van der Waals surface area (Å²) in [5.41, 5.74) is 2.57. The lowest BCUT2D eigenvalue weighted by molar-refractivity contribution is 0.0992. The van der Waals surface area contributed by atoms with Gasteiger partial charge in [0.05, 0.1) is 5.02 Å². The number of thioether (sulfide) groups is 1. The molecule has 1 atom stereocenters. The number of amides is 1. The summed E-state index contributed by atoms with van der Waals surface area (Å²) in [5, 5.41) is 4.02. The maximum absolute atomic E-state index is 13.0. The van der Waals surface area contributed by atoms with E-state index in [-0.39, 0.29) is 12.1 Å². The molecule has 1 aliphatic heterocycles. The molecule has 0 aliphatic carbocycles. The highest BCUT2D eigenvalue weighted by Gasteiger charge is 2.38. The number of anilines is 2. The Labute approximate surface area is 161 Å². The van der Waals surface area contributed by atoms with E-state index < -0.39 is 0 Å². The molecule has 6 heteroatoms. The van der Waals surface area contributed by atoms with Crippen molar-refractivity contribution in [1.29, 1.82) is 0 Å². The standard InChI is InChI=1S/C20H16ClN3OS/c1-26-15-6-4-5-14(11-15)23-19-16-7-2-3-8-17(16)20(25)24(19)18-10-9-13(21)12-22-18/h2-12,19,23H,1H3. The molecule has 2 aromatic carbocycles. The van der Waals surface area contributed by atoms with Gasteiger partial charge in [-0.05, 0) is 42.7 Å². The molecule has 1 aliphatic rings. The van der Waals surface area contributed by atoms with Crippen molar-refractivity contribution in [3.05, 3.63) is 83.0 Å². The maximum atomic E-state index is 13.0. The number of halogens is 1. The zero-order valence-corrected chi connectivity index (χ0v) is 15.6.